The van der Waals surface area contributed by atoms with E-state index >= 15 is 0 Å². The lowest BCUT2D eigenvalue weighted by atomic mass is 9.94. The number of ketones is 1. The molecule has 0 atom stereocenters. The monoisotopic (exact) mass is 384 g/mol. The van der Waals surface area contributed by atoms with E-state index in [9.17, 15) is 9.59 Å². The highest BCUT2D eigenvalue weighted by molar-refractivity contribution is 6.30. The number of furan rings is 1. The van der Waals surface area contributed by atoms with Crippen molar-refractivity contribution >= 4 is 23.3 Å². The number of hydrogen-bond donors (Lipinski definition) is 1. The van der Waals surface area contributed by atoms with Crippen LogP contribution < -0.4 is 5.32 Å². The molecule has 1 aliphatic rings. The Labute approximate surface area is 160 Å². The third-order valence-corrected chi connectivity index (χ3v) is 4.70. The molecule has 0 spiro atoms. The summed E-state index contributed by atoms with van der Waals surface area (Å²) in [4.78, 5) is 29.3. The van der Waals surface area contributed by atoms with Gasteiger partial charge in [-0.1, -0.05) is 17.7 Å². The fraction of sp³-hybridized carbons (Fsp3) is 0.263. The summed E-state index contributed by atoms with van der Waals surface area (Å²) in [5, 5.41) is 7.52. The highest BCUT2D eigenvalue weighted by atomic mass is 35.5. The molecule has 1 aliphatic carbocycles. The third-order valence-electron chi connectivity index (χ3n) is 4.50. The molecule has 0 bridgehead atoms. The number of hydrogen-bond acceptors (Lipinski definition) is 5. The van der Waals surface area contributed by atoms with Crippen LogP contribution in [0.15, 0.2) is 35.2 Å². The summed E-state index contributed by atoms with van der Waals surface area (Å²) >= 11 is 5.96. The van der Waals surface area contributed by atoms with E-state index in [1.54, 1.807) is 10.9 Å². The molecule has 8 heteroatoms. The normalized spacial score (nSPS) is 13.5. The van der Waals surface area contributed by atoms with Gasteiger partial charge in [0.2, 0.25) is 0 Å². The minimum Gasteiger partial charge on any atom is -0.468 e. The van der Waals surface area contributed by atoms with Crippen LogP contribution in [0.25, 0.3) is 5.82 Å². The molecule has 3 aromatic heterocycles. The van der Waals surface area contributed by atoms with E-state index in [4.69, 9.17) is 16.0 Å². The first-order chi connectivity index (χ1) is 13.0. The Bertz CT molecular complexity index is 1040. The van der Waals surface area contributed by atoms with Crippen molar-refractivity contribution in [3.8, 4) is 5.82 Å². The molecule has 7 nitrogen and oxygen atoms in total. The van der Waals surface area contributed by atoms with Crippen molar-refractivity contribution in [2.45, 2.75) is 32.7 Å². The Morgan fingerprint density at radius 2 is 2.22 bits per heavy atom. The SMILES string of the molecule is Cc1ccc(CNC(=O)c2coc3c2C(=O)CCC3)c(-n2cc(Cl)cn2)n1. The lowest BCUT2D eigenvalue weighted by molar-refractivity contribution is 0.0926. The number of fused-ring (bicyclic) bond motifs is 1. The Morgan fingerprint density at radius 3 is 3.00 bits per heavy atom. The van der Waals surface area contributed by atoms with Crippen LogP contribution >= 0.6 is 11.6 Å². The summed E-state index contributed by atoms with van der Waals surface area (Å²) in [6, 6.07) is 3.74. The summed E-state index contributed by atoms with van der Waals surface area (Å²) in [6.07, 6.45) is 6.42. The van der Waals surface area contributed by atoms with Crippen molar-refractivity contribution in [2.24, 2.45) is 0 Å². The highest BCUT2D eigenvalue weighted by Gasteiger charge is 2.27. The van der Waals surface area contributed by atoms with Crippen LogP contribution in [-0.4, -0.2) is 26.5 Å². The largest absolute Gasteiger partial charge is 0.468 e. The number of nitrogens with one attached hydrogen (secondary N) is 1. The number of carbonyl (C=O) groups excluding carboxylic acids is 2. The van der Waals surface area contributed by atoms with E-state index in [2.05, 4.69) is 15.4 Å². The van der Waals surface area contributed by atoms with Crippen molar-refractivity contribution in [2.75, 3.05) is 0 Å². The van der Waals surface area contributed by atoms with Gasteiger partial charge in [0, 0.05) is 30.6 Å². The first-order valence-corrected chi connectivity index (χ1v) is 8.99. The van der Waals surface area contributed by atoms with Crippen LogP contribution in [0.4, 0.5) is 0 Å². The topological polar surface area (TPSA) is 90.0 Å². The number of pyridine rings is 1. The summed E-state index contributed by atoms with van der Waals surface area (Å²) in [6.45, 7) is 2.10. The second kappa shape index (κ2) is 7.00. The molecule has 0 radical (unpaired) electrons. The Kier molecular flexibility index (Phi) is 4.53. The van der Waals surface area contributed by atoms with Gasteiger partial charge in [-0.15, -0.1) is 0 Å². The van der Waals surface area contributed by atoms with Crippen molar-refractivity contribution in [1.82, 2.24) is 20.1 Å². The van der Waals surface area contributed by atoms with Gasteiger partial charge in [-0.05, 0) is 19.4 Å². The van der Waals surface area contributed by atoms with Gasteiger partial charge in [0.25, 0.3) is 5.91 Å². The van der Waals surface area contributed by atoms with Gasteiger partial charge in [-0.3, -0.25) is 9.59 Å². The van der Waals surface area contributed by atoms with Crippen LogP contribution in [0, 0.1) is 6.92 Å². The van der Waals surface area contributed by atoms with E-state index in [1.807, 2.05) is 19.1 Å². The van der Waals surface area contributed by atoms with Gasteiger partial charge < -0.3 is 9.73 Å². The van der Waals surface area contributed by atoms with E-state index < -0.39 is 0 Å². The number of nitrogens with zero attached hydrogens (tertiary/aromatic N) is 3. The molecule has 27 heavy (non-hydrogen) atoms. The number of Topliss-reactive ketones (excluding diaryl/α,β-unsaturated/α-hetero) is 1. The number of aryl methyl sites for hydroxylation is 2. The zero-order valence-corrected chi connectivity index (χ0v) is 15.4. The lowest BCUT2D eigenvalue weighted by Crippen LogP contribution is -2.26. The van der Waals surface area contributed by atoms with E-state index in [-0.39, 0.29) is 18.2 Å². The fourth-order valence-corrected chi connectivity index (χ4v) is 3.32. The predicted octanol–water partition coefficient (Wildman–Crippen LogP) is 3.27. The number of aromatic nitrogens is 3. The zero-order chi connectivity index (χ0) is 19.0. The van der Waals surface area contributed by atoms with Gasteiger partial charge in [0.15, 0.2) is 11.6 Å². The molecule has 1 amide bonds. The summed E-state index contributed by atoms with van der Waals surface area (Å²) in [5.74, 6) is 0.798. The summed E-state index contributed by atoms with van der Waals surface area (Å²) < 4.78 is 6.99. The standard InChI is InChI=1S/C19H17ClN4O3/c1-11-5-6-12(18(23-11)24-9-13(20)8-22-24)7-21-19(26)14-10-27-16-4-2-3-15(25)17(14)16/h5-6,8-10H,2-4,7H2,1H3,(H,21,26). The molecule has 0 unspecified atom stereocenters. The Balaban J connectivity index is 1.57. The number of amides is 1. The molecule has 0 saturated carbocycles. The minimum absolute atomic E-state index is 0.0426. The molecular weight excluding hydrogens is 368 g/mol. The average Bonchev–Trinajstić information content (AvgIpc) is 3.27. The minimum atomic E-state index is -0.347. The molecule has 0 aromatic carbocycles. The van der Waals surface area contributed by atoms with Crippen molar-refractivity contribution in [1.29, 1.82) is 0 Å². The molecular formula is C19H17ClN4O3. The number of halogens is 1. The van der Waals surface area contributed by atoms with Gasteiger partial charge >= 0.3 is 0 Å². The third kappa shape index (κ3) is 3.38. The molecule has 0 fully saturated rings. The van der Waals surface area contributed by atoms with Crippen molar-refractivity contribution < 1.29 is 14.0 Å². The second-order valence-electron chi connectivity index (χ2n) is 6.45. The maximum atomic E-state index is 12.6. The van der Waals surface area contributed by atoms with Crippen LogP contribution in [0.1, 0.15) is 50.6 Å². The predicted molar refractivity (Wildman–Crippen MR) is 98.3 cm³/mol. The number of carbonyl (C=O) groups is 2. The molecule has 0 saturated heterocycles. The van der Waals surface area contributed by atoms with E-state index in [0.29, 0.717) is 40.6 Å². The maximum absolute atomic E-state index is 12.6. The van der Waals surface area contributed by atoms with E-state index in [1.165, 1.54) is 12.5 Å². The summed E-state index contributed by atoms with van der Waals surface area (Å²) in [5.41, 5.74) is 2.30. The molecule has 138 valence electrons. The molecule has 3 aromatic rings. The Morgan fingerprint density at radius 1 is 1.37 bits per heavy atom. The number of rotatable bonds is 4. The first kappa shape index (κ1) is 17.5. The van der Waals surface area contributed by atoms with Gasteiger partial charge in [0.1, 0.15) is 12.0 Å². The molecule has 4 rings (SSSR count). The fourth-order valence-electron chi connectivity index (χ4n) is 3.18. The lowest BCUT2D eigenvalue weighted by Gasteiger charge is -2.12. The highest BCUT2D eigenvalue weighted by Crippen LogP contribution is 2.26. The second-order valence-corrected chi connectivity index (χ2v) is 6.88. The smallest absolute Gasteiger partial charge is 0.255 e. The van der Waals surface area contributed by atoms with Gasteiger partial charge in [0.05, 0.1) is 28.5 Å². The van der Waals surface area contributed by atoms with Gasteiger partial charge in [-0.25, -0.2) is 9.67 Å². The van der Waals surface area contributed by atoms with Gasteiger partial charge in [-0.2, -0.15) is 5.10 Å². The molecule has 1 N–H and O–H groups in total. The van der Waals surface area contributed by atoms with Crippen LogP contribution in [0.5, 0.6) is 0 Å². The molecule has 3 heterocycles. The van der Waals surface area contributed by atoms with Crippen molar-refractivity contribution in [3.63, 3.8) is 0 Å². The molecule has 0 aliphatic heterocycles. The van der Waals surface area contributed by atoms with Crippen LogP contribution in [-0.2, 0) is 13.0 Å². The summed E-state index contributed by atoms with van der Waals surface area (Å²) in [7, 11) is 0. The van der Waals surface area contributed by atoms with Crippen molar-refractivity contribution in [3.05, 3.63) is 64.0 Å². The van der Waals surface area contributed by atoms with Crippen LogP contribution in [0.2, 0.25) is 5.02 Å². The Hall–Kier alpha value is -2.93. The average molecular weight is 385 g/mol. The first-order valence-electron chi connectivity index (χ1n) is 8.62. The maximum Gasteiger partial charge on any atom is 0.255 e. The quantitative estimate of drug-likeness (QED) is 0.745. The van der Waals surface area contributed by atoms with Crippen LogP contribution in [0.3, 0.4) is 0 Å². The zero-order valence-electron chi connectivity index (χ0n) is 14.7. The van der Waals surface area contributed by atoms with E-state index in [0.717, 1.165) is 17.7 Å².